The van der Waals surface area contributed by atoms with Crippen molar-refractivity contribution in [3.63, 3.8) is 0 Å². The van der Waals surface area contributed by atoms with E-state index in [1.165, 1.54) is 6.42 Å². The maximum Gasteiger partial charge on any atom is 0.259 e. The molecule has 0 saturated carbocycles. The highest BCUT2D eigenvalue weighted by molar-refractivity contribution is 5.96. The summed E-state index contributed by atoms with van der Waals surface area (Å²) in [5, 5.41) is 0. The van der Waals surface area contributed by atoms with Crippen molar-refractivity contribution in [2.75, 3.05) is 26.7 Å². The van der Waals surface area contributed by atoms with Gasteiger partial charge in [-0.3, -0.25) is 9.69 Å². The van der Waals surface area contributed by atoms with Crippen LogP contribution in [0.5, 0.6) is 5.88 Å². The van der Waals surface area contributed by atoms with Gasteiger partial charge in [-0.25, -0.2) is 9.97 Å². The van der Waals surface area contributed by atoms with Gasteiger partial charge in [0.1, 0.15) is 5.56 Å². The van der Waals surface area contributed by atoms with E-state index in [1.54, 1.807) is 31.8 Å². The van der Waals surface area contributed by atoms with E-state index in [1.807, 2.05) is 4.90 Å². The molecule has 2 aromatic rings. The Hall–Kier alpha value is -2.41. The van der Waals surface area contributed by atoms with Crippen molar-refractivity contribution < 1.29 is 9.53 Å². The molecule has 2 bridgehead atoms. The van der Waals surface area contributed by atoms with Crippen LogP contribution in [-0.2, 0) is 6.54 Å². The lowest BCUT2D eigenvalue weighted by Gasteiger charge is -2.36. The fourth-order valence-electron chi connectivity index (χ4n) is 4.19. The van der Waals surface area contributed by atoms with Crippen LogP contribution < -0.4 is 4.74 Å². The third-order valence-corrected chi connectivity index (χ3v) is 5.55. The van der Waals surface area contributed by atoms with Crippen molar-refractivity contribution in [1.82, 2.24) is 24.8 Å². The Balaban J connectivity index is 1.53. The van der Waals surface area contributed by atoms with E-state index in [0.717, 1.165) is 44.0 Å². The van der Waals surface area contributed by atoms with Crippen LogP contribution in [0.15, 0.2) is 24.7 Å². The topological polar surface area (TPSA) is 74.3 Å². The molecule has 3 fully saturated rings. The number of rotatable bonds is 4. The van der Waals surface area contributed by atoms with E-state index in [9.17, 15) is 4.79 Å². The first-order valence-corrected chi connectivity index (χ1v) is 9.17. The molecule has 1 amide bonds. The number of aromatic nitrogens is 3. The number of imidazole rings is 1. The summed E-state index contributed by atoms with van der Waals surface area (Å²) in [6.45, 7) is 5.59. The minimum atomic E-state index is 0.0300. The molecule has 5 heterocycles. The molecular formula is C19H25N5O2. The molecule has 3 aliphatic rings. The number of fused-ring (bicyclic) bond motifs is 4. The third-order valence-electron chi connectivity index (χ3n) is 5.55. The maximum atomic E-state index is 13.2. The van der Waals surface area contributed by atoms with Crippen molar-refractivity contribution in [3.05, 3.63) is 41.6 Å². The summed E-state index contributed by atoms with van der Waals surface area (Å²) >= 11 is 0. The average Bonchev–Trinajstić information content (AvgIpc) is 2.88. The highest BCUT2D eigenvalue weighted by atomic mass is 16.5. The molecule has 1 N–H and O–H groups in total. The number of amides is 1. The zero-order chi connectivity index (χ0) is 18.1. The lowest BCUT2D eigenvalue weighted by molar-refractivity contribution is 0.0580. The Morgan fingerprint density at radius 3 is 2.96 bits per heavy atom. The van der Waals surface area contributed by atoms with Gasteiger partial charge in [-0.15, -0.1) is 0 Å². The number of ether oxygens (including phenoxy) is 1. The summed E-state index contributed by atoms with van der Waals surface area (Å²) < 4.78 is 5.29. The van der Waals surface area contributed by atoms with Gasteiger partial charge < -0.3 is 14.6 Å². The van der Waals surface area contributed by atoms with Crippen molar-refractivity contribution >= 4 is 5.91 Å². The van der Waals surface area contributed by atoms with Crippen LogP contribution in [0.1, 0.15) is 34.6 Å². The number of hydrogen-bond acceptors (Lipinski definition) is 5. The molecule has 3 saturated heterocycles. The van der Waals surface area contributed by atoms with E-state index in [2.05, 4.69) is 26.8 Å². The number of H-pyrrole nitrogens is 1. The first-order chi connectivity index (χ1) is 12.7. The summed E-state index contributed by atoms with van der Waals surface area (Å²) in [7, 11) is 1.56. The first kappa shape index (κ1) is 17.0. The molecule has 7 heteroatoms. The summed E-state index contributed by atoms with van der Waals surface area (Å²) in [5.74, 6) is 0.934. The van der Waals surface area contributed by atoms with Crippen LogP contribution in [0.2, 0.25) is 0 Å². The highest BCUT2D eigenvalue weighted by Crippen LogP contribution is 2.31. The van der Waals surface area contributed by atoms with Crippen LogP contribution in [0, 0.1) is 12.8 Å². The van der Waals surface area contributed by atoms with Crippen LogP contribution in [-0.4, -0.2) is 63.4 Å². The van der Waals surface area contributed by atoms with Gasteiger partial charge in [-0.1, -0.05) is 0 Å². The largest absolute Gasteiger partial charge is 0.480 e. The van der Waals surface area contributed by atoms with Crippen LogP contribution >= 0.6 is 0 Å². The van der Waals surface area contributed by atoms with Crippen LogP contribution in [0.4, 0.5) is 0 Å². The predicted octanol–water partition coefficient (Wildman–Crippen LogP) is 1.86. The Morgan fingerprint density at radius 1 is 1.31 bits per heavy atom. The fourth-order valence-corrected chi connectivity index (χ4v) is 4.19. The molecule has 7 nitrogen and oxygen atoms in total. The van der Waals surface area contributed by atoms with Gasteiger partial charge in [0.15, 0.2) is 0 Å². The molecular weight excluding hydrogens is 330 g/mol. The van der Waals surface area contributed by atoms with Gasteiger partial charge in [0.25, 0.3) is 5.91 Å². The monoisotopic (exact) mass is 355 g/mol. The molecule has 0 aliphatic carbocycles. The molecule has 2 aromatic heterocycles. The summed E-state index contributed by atoms with van der Waals surface area (Å²) in [6.07, 6.45) is 5.63. The van der Waals surface area contributed by atoms with Crippen molar-refractivity contribution in [3.8, 4) is 5.88 Å². The number of pyridine rings is 1. The van der Waals surface area contributed by atoms with E-state index >= 15 is 0 Å². The van der Waals surface area contributed by atoms with Gasteiger partial charge >= 0.3 is 0 Å². The number of aryl methyl sites for hydroxylation is 1. The lowest BCUT2D eigenvalue weighted by Crippen LogP contribution is -2.47. The highest BCUT2D eigenvalue weighted by Gasteiger charge is 2.38. The quantitative estimate of drug-likeness (QED) is 0.906. The van der Waals surface area contributed by atoms with Gasteiger partial charge in [0.05, 0.1) is 19.1 Å². The molecule has 0 spiro atoms. The number of piperidine rings is 1. The first-order valence-electron chi connectivity index (χ1n) is 9.17. The predicted molar refractivity (Wildman–Crippen MR) is 96.9 cm³/mol. The minimum absolute atomic E-state index is 0.0300. The third kappa shape index (κ3) is 3.19. The number of aromatic amines is 1. The van der Waals surface area contributed by atoms with Gasteiger partial charge in [-0.2, -0.15) is 0 Å². The lowest BCUT2D eigenvalue weighted by atomic mass is 9.94. The number of carbonyl (C=O) groups is 1. The Bertz CT molecular complexity index is 790. The molecule has 0 unspecified atom stereocenters. The number of nitrogens with zero attached hydrogens (tertiary/aromatic N) is 4. The molecule has 26 heavy (non-hydrogen) atoms. The van der Waals surface area contributed by atoms with E-state index in [4.69, 9.17) is 4.74 Å². The summed E-state index contributed by atoms with van der Waals surface area (Å²) in [4.78, 5) is 29.4. The summed E-state index contributed by atoms with van der Waals surface area (Å²) in [6, 6.07) is 3.82. The molecule has 5 rings (SSSR count). The average molecular weight is 355 g/mol. The second kappa shape index (κ2) is 7.07. The van der Waals surface area contributed by atoms with Crippen molar-refractivity contribution in [2.24, 2.45) is 5.92 Å². The second-order valence-electron chi connectivity index (χ2n) is 7.28. The van der Waals surface area contributed by atoms with E-state index < -0.39 is 0 Å². The van der Waals surface area contributed by atoms with Gasteiger partial charge in [0.2, 0.25) is 5.88 Å². The van der Waals surface area contributed by atoms with Crippen LogP contribution in [0.3, 0.4) is 0 Å². The molecule has 3 aliphatic heterocycles. The standard InChI is InChI=1S/C19H25N5O2/c1-13-17(22-12-21-13)11-23-8-14-5-6-15(10-23)24(9-14)19(25)16-4-3-7-20-18(16)26-2/h3-4,7,12,14-15H,5-6,8-11H2,1-2H3,(H,21,22)/t14-,15+/m0/s1. The second-order valence-corrected chi connectivity index (χ2v) is 7.28. The number of carbonyl (C=O) groups excluding carboxylic acids is 1. The van der Waals surface area contributed by atoms with E-state index in [0.29, 0.717) is 17.4 Å². The smallest absolute Gasteiger partial charge is 0.259 e. The Morgan fingerprint density at radius 2 is 2.19 bits per heavy atom. The Labute approximate surface area is 153 Å². The SMILES string of the molecule is COc1ncccc1C(=O)N1C[C@H]2CC[C@@H]1CN(Cc1nc[nH]c1C)C2. The maximum absolute atomic E-state index is 13.2. The Kier molecular flexibility index (Phi) is 4.63. The number of methoxy groups -OCH3 is 1. The van der Waals surface area contributed by atoms with Crippen LogP contribution in [0.25, 0.3) is 0 Å². The number of hydrogen-bond donors (Lipinski definition) is 1. The normalized spacial score (nSPS) is 23.1. The molecule has 2 atom stereocenters. The van der Waals surface area contributed by atoms with E-state index in [-0.39, 0.29) is 11.9 Å². The zero-order valence-electron chi connectivity index (χ0n) is 15.3. The molecule has 0 radical (unpaired) electrons. The number of nitrogens with one attached hydrogen (secondary N) is 1. The zero-order valence-corrected chi connectivity index (χ0v) is 15.3. The molecule has 0 aromatic carbocycles. The van der Waals surface area contributed by atoms with Crippen molar-refractivity contribution in [2.45, 2.75) is 32.4 Å². The molecule has 138 valence electrons. The van der Waals surface area contributed by atoms with Crippen molar-refractivity contribution in [1.29, 1.82) is 0 Å². The minimum Gasteiger partial charge on any atom is -0.480 e. The summed E-state index contributed by atoms with van der Waals surface area (Å²) in [5.41, 5.74) is 2.77. The van der Waals surface area contributed by atoms with Gasteiger partial charge in [-0.05, 0) is 37.8 Å². The van der Waals surface area contributed by atoms with Gasteiger partial charge in [0, 0.05) is 44.1 Å². The fraction of sp³-hybridized carbons (Fsp3) is 0.526.